The third-order valence-electron chi connectivity index (χ3n) is 6.96. The molecule has 6 rings (SSSR count). The lowest BCUT2D eigenvalue weighted by atomic mass is 9.86. The Balaban J connectivity index is 1.37. The molecule has 0 radical (unpaired) electrons. The molecule has 210 valence electrons. The van der Waals surface area contributed by atoms with Crippen LogP contribution in [-0.2, 0) is 11.2 Å². The van der Waals surface area contributed by atoms with Crippen LogP contribution >= 0.6 is 11.6 Å². The highest BCUT2D eigenvalue weighted by Gasteiger charge is 2.38. The molecule has 13 heteroatoms. The van der Waals surface area contributed by atoms with Crippen LogP contribution in [0.4, 0.5) is 10.1 Å². The third kappa shape index (κ3) is 4.88. The second kappa shape index (κ2) is 10.9. The Hall–Kier alpha value is -5.36. The average Bonchev–Trinajstić information content (AvgIpc) is 3.71. The van der Waals surface area contributed by atoms with E-state index in [1.165, 1.54) is 53.8 Å². The lowest BCUT2D eigenvalue weighted by Crippen LogP contribution is -2.45. The Kier molecular flexibility index (Phi) is 6.97. The third-order valence-corrected chi connectivity index (χ3v) is 7.26. The van der Waals surface area contributed by atoms with Gasteiger partial charge in [0.1, 0.15) is 18.0 Å². The summed E-state index contributed by atoms with van der Waals surface area (Å²) in [6.45, 7) is 0.155. The Morgan fingerprint density at radius 2 is 1.86 bits per heavy atom. The molecule has 0 spiro atoms. The van der Waals surface area contributed by atoms with Crippen molar-refractivity contribution in [1.82, 2.24) is 25.1 Å². The second-order valence-electron chi connectivity index (χ2n) is 9.43. The van der Waals surface area contributed by atoms with Crippen molar-refractivity contribution in [3.63, 3.8) is 0 Å². The van der Waals surface area contributed by atoms with Crippen molar-refractivity contribution in [1.29, 1.82) is 0 Å². The van der Waals surface area contributed by atoms with Gasteiger partial charge in [-0.1, -0.05) is 46.2 Å². The minimum atomic E-state index is -1.10. The quantitative estimate of drug-likeness (QED) is 0.289. The summed E-state index contributed by atoms with van der Waals surface area (Å²) < 4.78 is 20.7. The number of hydrogen-bond acceptors (Lipinski definition) is 7. The van der Waals surface area contributed by atoms with Gasteiger partial charge < -0.3 is 19.8 Å². The summed E-state index contributed by atoms with van der Waals surface area (Å²) in [5, 5.41) is 23.5. The number of nitrogens with zero attached hydrogens (tertiary/aromatic N) is 5. The number of aromatic carboxylic acids is 1. The maximum Gasteiger partial charge on any atom is 0.335 e. The number of nitrogens with one attached hydrogen (secondary N) is 1. The molecular weight excluding hydrogens is 567 g/mol. The van der Waals surface area contributed by atoms with Gasteiger partial charge in [0, 0.05) is 17.8 Å². The van der Waals surface area contributed by atoms with Gasteiger partial charge in [0.25, 0.3) is 11.8 Å². The number of carbonyl (C=O) groups excluding carboxylic acids is 2. The zero-order chi connectivity index (χ0) is 29.4. The van der Waals surface area contributed by atoms with E-state index in [-0.39, 0.29) is 28.5 Å². The first kappa shape index (κ1) is 26.8. The monoisotopic (exact) mass is 586 g/mol. The first-order chi connectivity index (χ1) is 20.3. The average molecular weight is 587 g/mol. The van der Waals surface area contributed by atoms with Crippen molar-refractivity contribution in [3.8, 4) is 16.8 Å². The van der Waals surface area contributed by atoms with Gasteiger partial charge in [0.05, 0.1) is 23.0 Å². The van der Waals surface area contributed by atoms with Crippen LogP contribution in [0.25, 0.3) is 16.8 Å². The van der Waals surface area contributed by atoms with Crippen LogP contribution in [0, 0.1) is 5.82 Å². The molecule has 2 N–H and O–H groups in total. The maximum absolute atomic E-state index is 14.6. The van der Waals surface area contributed by atoms with Gasteiger partial charge in [-0.2, -0.15) is 0 Å². The minimum Gasteiger partial charge on any atom is -0.478 e. The van der Waals surface area contributed by atoms with Gasteiger partial charge >= 0.3 is 5.97 Å². The zero-order valence-electron chi connectivity index (χ0n) is 21.6. The van der Waals surface area contributed by atoms with Gasteiger partial charge in [-0.3, -0.25) is 9.59 Å². The van der Waals surface area contributed by atoms with E-state index in [0.717, 1.165) is 21.4 Å². The first-order valence-electron chi connectivity index (χ1n) is 12.7. The number of halogens is 2. The predicted molar refractivity (Wildman–Crippen MR) is 148 cm³/mol. The van der Waals surface area contributed by atoms with Gasteiger partial charge in [-0.05, 0) is 59.5 Å². The highest BCUT2D eigenvalue weighted by molar-refractivity contribution is 6.30. The van der Waals surface area contributed by atoms with Crippen LogP contribution in [0.15, 0.2) is 83.8 Å². The number of carbonyl (C=O) groups is 3. The number of hydrogen-bond donors (Lipinski definition) is 2. The van der Waals surface area contributed by atoms with Crippen LogP contribution in [0.5, 0.6) is 0 Å². The van der Waals surface area contributed by atoms with Crippen molar-refractivity contribution in [2.45, 2.75) is 12.5 Å². The zero-order valence-corrected chi connectivity index (χ0v) is 22.3. The SMILES string of the molecule is O=C(O)c1ccc(NC(=O)C2c3cccc(-c4cnoc4)c3CCN2C(=O)c2cn(-c3cccc(Cl)c3F)nn2)cc1. The molecule has 2 aromatic heterocycles. The van der Waals surface area contributed by atoms with Crippen molar-refractivity contribution in [3.05, 3.63) is 113 Å². The van der Waals surface area contributed by atoms with Crippen molar-refractivity contribution >= 4 is 35.1 Å². The van der Waals surface area contributed by atoms with Gasteiger partial charge in [-0.15, -0.1) is 5.10 Å². The fraction of sp³-hybridized carbons (Fsp3) is 0.103. The lowest BCUT2D eigenvalue weighted by Gasteiger charge is -2.36. The summed E-state index contributed by atoms with van der Waals surface area (Å²) in [5.41, 5.74) is 3.28. The number of aromatic nitrogens is 4. The molecule has 0 aliphatic carbocycles. The molecule has 0 saturated carbocycles. The number of fused-ring (bicyclic) bond motifs is 1. The van der Waals surface area contributed by atoms with E-state index < -0.39 is 29.6 Å². The van der Waals surface area contributed by atoms with Crippen molar-refractivity contribution < 1.29 is 28.4 Å². The van der Waals surface area contributed by atoms with E-state index in [0.29, 0.717) is 17.7 Å². The van der Waals surface area contributed by atoms with E-state index in [4.69, 9.17) is 16.1 Å². The van der Waals surface area contributed by atoms with E-state index in [1.807, 2.05) is 6.07 Å². The summed E-state index contributed by atoms with van der Waals surface area (Å²) in [7, 11) is 0. The fourth-order valence-corrected chi connectivity index (χ4v) is 5.15. The molecule has 1 aliphatic heterocycles. The minimum absolute atomic E-state index is 0.00973. The number of benzene rings is 3. The molecule has 0 saturated heterocycles. The molecule has 2 amide bonds. The topological polar surface area (TPSA) is 143 Å². The standard InChI is InChI=1S/C29H20ClFN6O5/c30-22-5-2-6-24(25(22)31)37-14-23(34-35-37)28(39)36-12-11-20-19(17-13-32-42-15-17)3-1-4-21(20)26(36)27(38)33-18-9-7-16(8-10-18)29(40)41/h1-10,13-15,26H,11-12H2,(H,33,38)(H,40,41). The number of rotatable bonds is 6. The van der Waals surface area contributed by atoms with E-state index >= 15 is 0 Å². The largest absolute Gasteiger partial charge is 0.478 e. The summed E-state index contributed by atoms with van der Waals surface area (Å²) in [5.74, 6) is -2.94. The number of carboxylic acid groups (broad SMARTS) is 1. The summed E-state index contributed by atoms with van der Waals surface area (Å²) >= 11 is 5.90. The number of anilines is 1. The molecule has 5 aromatic rings. The van der Waals surface area contributed by atoms with Crippen LogP contribution in [0.2, 0.25) is 5.02 Å². The van der Waals surface area contributed by atoms with Gasteiger partial charge in [-0.25, -0.2) is 13.9 Å². The molecule has 0 bridgehead atoms. The van der Waals surface area contributed by atoms with Crippen LogP contribution in [-0.4, -0.2) is 54.5 Å². The molecule has 1 aliphatic rings. The predicted octanol–water partition coefficient (Wildman–Crippen LogP) is 4.79. The van der Waals surface area contributed by atoms with Gasteiger partial charge in [0.2, 0.25) is 0 Å². The molecule has 42 heavy (non-hydrogen) atoms. The molecule has 1 atom stereocenters. The molecule has 3 heterocycles. The maximum atomic E-state index is 14.6. The number of amides is 2. The Morgan fingerprint density at radius 1 is 1.07 bits per heavy atom. The normalized spacial score (nSPS) is 14.3. The summed E-state index contributed by atoms with van der Waals surface area (Å²) in [6.07, 6.45) is 4.76. The molecule has 0 fully saturated rings. The highest BCUT2D eigenvalue weighted by Crippen LogP contribution is 2.37. The Bertz CT molecular complexity index is 1820. The second-order valence-corrected chi connectivity index (χ2v) is 9.84. The van der Waals surface area contributed by atoms with E-state index in [2.05, 4.69) is 20.8 Å². The Morgan fingerprint density at radius 3 is 2.60 bits per heavy atom. The van der Waals surface area contributed by atoms with Crippen molar-refractivity contribution in [2.24, 2.45) is 0 Å². The van der Waals surface area contributed by atoms with Gasteiger partial charge in [0.15, 0.2) is 11.5 Å². The summed E-state index contributed by atoms with van der Waals surface area (Å²) in [6, 6.07) is 14.4. The van der Waals surface area contributed by atoms with E-state index in [1.54, 1.807) is 24.4 Å². The molecule has 11 nitrogen and oxygen atoms in total. The number of carboxylic acids is 1. The fourth-order valence-electron chi connectivity index (χ4n) is 4.98. The Labute approximate surface area is 242 Å². The van der Waals surface area contributed by atoms with E-state index in [9.17, 15) is 23.9 Å². The first-order valence-corrected chi connectivity index (χ1v) is 13.0. The van der Waals surface area contributed by atoms with Crippen LogP contribution in [0.3, 0.4) is 0 Å². The molecule has 1 unspecified atom stereocenters. The smallest absolute Gasteiger partial charge is 0.335 e. The summed E-state index contributed by atoms with van der Waals surface area (Å²) in [4.78, 5) is 40.3. The molecule has 3 aromatic carbocycles. The molecular formula is C29H20ClFN6O5. The van der Waals surface area contributed by atoms with Crippen LogP contribution in [0.1, 0.15) is 38.0 Å². The highest BCUT2D eigenvalue weighted by atomic mass is 35.5. The van der Waals surface area contributed by atoms with Crippen molar-refractivity contribution in [2.75, 3.05) is 11.9 Å². The van der Waals surface area contributed by atoms with Crippen LogP contribution < -0.4 is 5.32 Å². The lowest BCUT2D eigenvalue weighted by molar-refractivity contribution is -0.121.